The SMILES string of the molecule is CCCCOCCCN1C(=O)C2(CC2)NC1c1cccs1. The predicted octanol–water partition coefficient (Wildman–Crippen LogP) is 2.92. The van der Waals surface area contributed by atoms with E-state index >= 15 is 0 Å². The van der Waals surface area contributed by atoms with Gasteiger partial charge >= 0.3 is 0 Å². The summed E-state index contributed by atoms with van der Waals surface area (Å²) < 4.78 is 5.61. The van der Waals surface area contributed by atoms with Crippen LogP contribution in [0.3, 0.4) is 0 Å². The molecule has 0 radical (unpaired) electrons. The number of hydrogen-bond acceptors (Lipinski definition) is 4. The smallest absolute Gasteiger partial charge is 0.244 e. The molecule has 1 amide bonds. The number of unbranched alkanes of at least 4 members (excludes halogenated alkanes) is 1. The van der Waals surface area contributed by atoms with Gasteiger partial charge in [-0.05, 0) is 37.1 Å². The van der Waals surface area contributed by atoms with Gasteiger partial charge in [0.15, 0.2) is 0 Å². The highest BCUT2D eigenvalue weighted by Crippen LogP contribution is 2.46. The Balaban J connectivity index is 1.55. The van der Waals surface area contributed by atoms with Gasteiger partial charge in [0.25, 0.3) is 0 Å². The molecule has 1 saturated carbocycles. The summed E-state index contributed by atoms with van der Waals surface area (Å²) in [5.41, 5.74) is -0.238. The summed E-state index contributed by atoms with van der Waals surface area (Å²) in [6, 6.07) is 4.16. The number of nitrogens with one attached hydrogen (secondary N) is 1. The van der Waals surface area contributed by atoms with Crippen molar-refractivity contribution in [3.8, 4) is 0 Å². The molecule has 2 fully saturated rings. The van der Waals surface area contributed by atoms with Crippen LogP contribution in [0.15, 0.2) is 17.5 Å². The molecule has 0 bridgehead atoms. The van der Waals surface area contributed by atoms with Crippen LogP contribution >= 0.6 is 11.3 Å². The predicted molar refractivity (Wildman–Crippen MR) is 84.2 cm³/mol. The van der Waals surface area contributed by atoms with Gasteiger partial charge in [-0.15, -0.1) is 11.3 Å². The first kappa shape index (κ1) is 15.0. The zero-order valence-corrected chi connectivity index (χ0v) is 13.5. The van der Waals surface area contributed by atoms with Crippen LogP contribution in [0.5, 0.6) is 0 Å². The Hall–Kier alpha value is -0.910. The van der Waals surface area contributed by atoms with Crippen molar-refractivity contribution in [2.24, 2.45) is 0 Å². The maximum atomic E-state index is 12.6. The van der Waals surface area contributed by atoms with E-state index in [0.717, 1.165) is 51.9 Å². The van der Waals surface area contributed by atoms with Crippen molar-refractivity contribution in [3.05, 3.63) is 22.4 Å². The van der Waals surface area contributed by atoms with Crippen LogP contribution in [0.25, 0.3) is 0 Å². The number of ether oxygens (including phenoxy) is 1. The quantitative estimate of drug-likeness (QED) is 0.751. The number of amides is 1. The zero-order chi connectivity index (χ0) is 14.7. The van der Waals surface area contributed by atoms with Crippen LogP contribution in [-0.4, -0.2) is 36.1 Å². The summed E-state index contributed by atoms with van der Waals surface area (Å²) in [6.07, 6.45) is 5.22. The summed E-state index contributed by atoms with van der Waals surface area (Å²) in [4.78, 5) is 15.8. The third-order valence-electron chi connectivity index (χ3n) is 4.29. The third-order valence-corrected chi connectivity index (χ3v) is 5.21. The molecule has 5 heteroatoms. The number of carbonyl (C=O) groups is 1. The molecule has 1 saturated heterocycles. The second kappa shape index (κ2) is 6.46. The van der Waals surface area contributed by atoms with Gasteiger partial charge in [-0.3, -0.25) is 10.1 Å². The number of hydrogen-bond donors (Lipinski definition) is 1. The number of thiophene rings is 1. The molecule has 116 valence electrons. The van der Waals surface area contributed by atoms with Crippen LogP contribution in [0, 0.1) is 0 Å². The Morgan fingerprint density at radius 1 is 1.43 bits per heavy atom. The maximum Gasteiger partial charge on any atom is 0.244 e. The molecule has 3 rings (SSSR count). The monoisotopic (exact) mass is 308 g/mol. The van der Waals surface area contributed by atoms with Crippen LogP contribution in [0.2, 0.25) is 0 Å². The van der Waals surface area contributed by atoms with E-state index in [4.69, 9.17) is 4.74 Å². The van der Waals surface area contributed by atoms with E-state index in [-0.39, 0.29) is 17.6 Å². The minimum atomic E-state index is -0.238. The fourth-order valence-electron chi connectivity index (χ4n) is 2.86. The van der Waals surface area contributed by atoms with Crippen molar-refractivity contribution in [1.29, 1.82) is 0 Å². The summed E-state index contributed by atoms with van der Waals surface area (Å²) in [5, 5.41) is 5.63. The van der Waals surface area contributed by atoms with Gasteiger partial charge < -0.3 is 9.64 Å². The van der Waals surface area contributed by atoms with Crippen molar-refractivity contribution in [1.82, 2.24) is 10.2 Å². The van der Waals surface area contributed by atoms with Crippen molar-refractivity contribution in [2.45, 2.75) is 50.7 Å². The lowest BCUT2D eigenvalue weighted by Gasteiger charge is -2.23. The molecule has 1 aliphatic heterocycles. The lowest BCUT2D eigenvalue weighted by Crippen LogP contribution is -2.33. The first-order valence-corrected chi connectivity index (χ1v) is 8.85. The Kier molecular flexibility index (Phi) is 4.62. The molecule has 21 heavy (non-hydrogen) atoms. The normalized spacial score (nSPS) is 23.2. The number of rotatable bonds is 8. The average Bonchev–Trinajstić information content (AvgIpc) is 2.96. The molecule has 1 aromatic heterocycles. The molecule has 2 aliphatic rings. The van der Waals surface area contributed by atoms with E-state index < -0.39 is 0 Å². The average molecular weight is 308 g/mol. The summed E-state index contributed by atoms with van der Waals surface area (Å²) in [7, 11) is 0. The van der Waals surface area contributed by atoms with Crippen LogP contribution in [0.4, 0.5) is 0 Å². The number of carbonyl (C=O) groups excluding carboxylic acids is 1. The second-order valence-corrected chi connectivity index (χ2v) is 6.94. The highest BCUT2D eigenvalue weighted by Gasteiger charge is 2.59. The molecule has 1 spiro atoms. The molecule has 1 aromatic rings. The van der Waals surface area contributed by atoms with Gasteiger partial charge in [-0.1, -0.05) is 19.4 Å². The lowest BCUT2D eigenvalue weighted by molar-refractivity contribution is -0.131. The summed E-state index contributed by atoms with van der Waals surface area (Å²) >= 11 is 1.72. The fourth-order valence-corrected chi connectivity index (χ4v) is 3.65. The van der Waals surface area contributed by atoms with E-state index in [9.17, 15) is 4.79 Å². The maximum absolute atomic E-state index is 12.6. The topological polar surface area (TPSA) is 41.6 Å². The minimum Gasteiger partial charge on any atom is -0.381 e. The van der Waals surface area contributed by atoms with E-state index in [2.05, 4.69) is 29.8 Å². The molecule has 0 aromatic carbocycles. The van der Waals surface area contributed by atoms with Gasteiger partial charge in [-0.25, -0.2) is 0 Å². The van der Waals surface area contributed by atoms with Gasteiger partial charge in [0.2, 0.25) is 5.91 Å². The molecular weight excluding hydrogens is 284 g/mol. The standard InChI is InChI=1S/C16H24N2O2S/c1-2-3-10-20-11-5-9-18-14(13-6-4-12-21-13)17-16(7-8-16)15(18)19/h4,6,12,14,17H,2-3,5,7-11H2,1H3. The van der Waals surface area contributed by atoms with Crippen molar-refractivity contribution < 1.29 is 9.53 Å². The van der Waals surface area contributed by atoms with Gasteiger partial charge in [0.05, 0.1) is 0 Å². The Labute approximate surface area is 130 Å². The summed E-state index contributed by atoms with van der Waals surface area (Å²) in [5.74, 6) is 0.287. The Bertz CT molecular complexity index is 471. The summed E-state index contributed by atoms with van der Waals surface area (Å²) in [6.45, 7) is 4.52. The molecule has 2 heterocycles. The highest BCUT2D eigenvalue weighted by atomic mass is 32.1. The van der Waals surface area contributed by atoms with Gasteiger partial charge in [-0.2, -0.15) is 0 Å². The van der Waals surface area contributed by atoms with Crippen LogP contribution in [0.1, 0.15) is 50.1 Å². The van der Waals surface area contributed by atoms with Crippen molar-refractivity contribution in [3.63, 3.8) is 0 Å². The zero-order valence-electron chi connectivity index (χ0n) is 12.6. The molecule has 1 unspecified atom stereocenters. The van der Waals surface area contributed by atoms with Gasteiger partial charge in [0, 0.05) is 24.6 Å². The lowest BCUT2D eigenvalue weighted by atomic mass is 10.2. The molecule has 1 atom stereocenters. The molecule has 1 aliphatic carbocycles. The highest BCUT2D eigenvalue weighted by molar-refractivity contribution is 7.10. The van der Waals surface area contributed by atoms with Crippen LogP contribution in [-0.2, 0) is 9.53 Å². The fraction of sp³-hybridized carbons (Fsp3) is 0.688. The van der Waals surface area contributed by atoms with Gasteiger partial charge in [0.1, 0.15) is 11.7 Å². The van der Waals surface area contributed by atoms with E-state index in [0.29, 0.717) is 0 Å². The van der Waals surface area contributed by atoms with E-state index in [1.165, 1.54) is 4.88 Å². The second-order valence-electron chi connectivity index (χ2n) is 5.96. The number of nitrogens with zero attached hydrogens (tertiary/aromatic N) is 1. The first-order chi connectivity index (χ1) is 10.3. The molecular formula is C16H24N2O2S. The largest absolute Gasteiger partial charge is 0.381 e. The van der Waals surface area contributed by atoms with Crippen LogP contribution < -0.4 is 5.32 Å². The van der Waals surface area contributed by atoms with Crippen molar-refractivity contribution >= 4 is 17.2 Å². The molecule has 4 nitrogen and oxygen atoms in total. The van der Waals surface area contributed by atoms with E-state index in [1.54, 1.807) is 11.3 Å². The van der Waals surface area contributed by atoms with E-state index in [1.807, 2.05) is 4.90 Å². The third kappa shape index (κ3) is 3.15. The Morgan fingerprint density at radius 2 is 2.24 bits per heavy atom. The first-order valence-electron chi connectivity index (χ1n) is 7.97. The van der Waals surface area contributed by atoms with Crippen molar-refractivity contribution in [2.75, 3.05) is 19.8 Å². The molecule has 1 N–H and O–H groups in total. The Morgan fingerprint density at radius 3 is 2.90 bits per heavy atom. The minimum absolute atomic E-state index is 0.0654.